The van der Waals surface area contributed by atoms with Gasteiger partial charge in [-0.25, -0.2) is 4.79 Å². The van der Waals surface area contributed by atoms with Crippen LogP contribution >= 0.6 is 0 Å². The Balaban J connectivity index is 2.10. The minimum Gasteiger partial charge on any atom is -0.478 e. The Bertz CT molecular complexity index is 411. The van der Waals surface area contributed by atoms with Crippen molar-refractivity contribution in [2.24, 2.45) is 0 Å². The van der Waals surface area contributed by atoms with E-state index in [1.54, 1.807) is 12.1 Å². The number of ether oxygens (including phenoxy) is 2. The normalized spacial score (nSPS) is 12.6. The van der Waals surface area contributed by atoms with E-state index >= 15 is 0 Å². The van der Waals surface area contributed by atoms with Crippen LogP contribution in [0.3, 0.4) is 0 Å². The zero-order chi connectivity index (χ0) is 15.7. The molecule has 0 amide bonds. The number of hydrogen-bond acceptors (Lipinski definition) is 3. The number of rotatable bonds is 10. The van der Waals surface area contributed by atoms with Gasteiger partial charge < -0.3 is 14.6 Å². The van der Waals surface area contributed by atoms with E-state index < -0.39 is 5.97 Å². The van der Waals surface area contributed by atoms with E-state index in [0.29, 0.717) is 12.2 Å². The third kappa shape index (κ3) is 7.83. The third-order valence-electron chi connectivity index (χ3n) is 3.06. The predicted octanol–water partition coefficient (Wildman–Crippen LogP) is 3.54. The molecular formula is C17H26O4. The molecule has 0 aliphatic rings. The fourth-order valence-corrected chi connectivity index (χ4v) is 2.10. The molecule has 1 atom stereocenters. The molecule has 1 unspecified atom stereocenters. The van der Waals surface area contributed by atoms with Crippen molar-refractivity contribution >= 4 is 5.97 Å². The summed E-state index contributed by atoms with van der Waals surface area (Å²) in [6, 6.07) is 7.06. The highest BCUT2D eigenvalue weighted by Gasteiger charge is 2.04. The Kier molecular flexibility index (Phi) is 8.01. The third-order valence-corrected chi connectivity index (χ3v) is 3.06. The maximum Gasteiger partial charge on any atom is 0.335 e. The smallest absolute Gasteiger partial charge is 0.335 e. The highest BCUT2D eigenvalue weighted by molar-refractivity contribution is 5.87. The number of carboxylic acid groups (broad SMARTS) is 1. The summed E-state index contributed by atoms with van der Waals surface area (Å²) in [6.07, 6.45) is 3.34. The standard InChI is InChI=1S/C17H26O4/c1-13(2)21-14(3)12-20-11-5-4-6-15-7-9-16(10-8-15)17(18)19/h7-10,13-14H,4-6,11-12H2,1-3H3,(H,18,19). The van der Waals surface area contributed by atoms with Gasteiger partial charge >= 0.3 is 5.97 Å². The lowest BCUT2D eigenvalue weighted by molar-refractivity contribution is -0.0352. The van der Waals surface area contributed by atoms with Crippen LogP contribution in [0.2, 0.25) is 0 Å². The molecule has 1 aromatic rings. The van der Waals surface area contributed by atoms with Crippen LogP contribution in [0.25, 0.3) is 0 Å². The maximum atomic E-state index is 10.7. The van der Waals surface area contributed by atoms with Crippen LogP contribution in [-0.2, 0) is 15.9 Å². The predicted molar refractivity (Wildman–Crippen MR) is 82.8 cm³/mol. The van der Waals surface area contributed by atoms with E-state index in [0.717, 1.165) is 31.4 Å². The first-order valence-electron chi connectivity index (χ1n) is 7.54. The molecule has 0 fully saturated rings. The molecule has 118 valence electrons. The zero-order valence-electron chi connectivity index (χ0n) is 13.2. The number of carboxylic acids is 1. The average molecular weight is 294 g/mol. The summed E-state index contributed by atoms with van der Waals surface area (Å²) >= 11 is 0. The van der Waals surface area contributed by atoms with Crippen molar-refractivity contribution in [1.82, 2.24) is 0 Å². The molecule has 21 heavy (non-hydrogen) atoms. The quantitative estimate of drug-likeness (QED) is 0.671. The minimum absolute atomic E-state index is 0.133. The van der Waals surface area contributed by atoms with E-state index in [-0.39, 0.29) is 12.2 Å². The van der Waals surface area contributed by atoms with Crippen molar-refractivity contribution < 1.29 is 19.4 Å². The van der Waals surface area contributed by atoms with Crippen LogP contribution in [-0.4, -0.2) is 36.5 Å². The Labute approximate surface area is 127 Å². The molecule has 4 heteroatoms. The van der Waals surface area contributed by atoms with Crippen molar-refractivity contribution in [2.75, 3.05) is 13.2 Å². The van der Waals surface area contributed by atoms with Gasteiger partial charge in [0.15, 0.2) is 0 Å². The van der Waals surface area contributed by atoms with Crippen molar-refractivity contribution in [1.29, 1.82) is 0 Å². The molecule has 1 aromatic carbocycles. The van der Waals surface area contributed by atoms with Crippen molar-refractivity contribution in [3.8, 4) is 0 Å². The molecule has 0 heterocycles. The van der Waals surface area contributed by atoms with Crippen LogP contribution in [0.4, 0.5) is 0 Å². The van der Waals surface area contributed by atoms with Crippen LogP contribution < -0.4 is 0 Å². The molecule has 0 aliphatic carbocycles. The highest BCUT2D eigenvalue weighted by atomic mass is 16.5. The largest absolute Gasteiger partial charge is 0.478 e. The van der Waals surface area contributed by atoms with E-state index in [1.807, 2.05) is 32.9 Å². The zero-order valence-corrected chi connectivity index (χ0v) is 13.2. The number of aryl methyl sites for hydroxylation is 1. The van der Waals surface area contributed by atoms with Crippen molar-refractivity contribution in [3.05, 3.63) is 35.4 Å². The van der Waals surface area contributed by atoms with Gasteiger partial charge in [-0.05, 0) is 57.7 Å². The van der Waals surface area contributed by atoms with Gasteiger partial charge in [-0.2, -0.15) is 0 Å². The van der Waals surface area contributed by atoms with Crippen LogP contribution in [0.1, 0.15) is 49.5 Å². The SMILES string of the molecule is CC(C)OC(C)COCCCCc1ccc(C(=O)O)cc1. The average Bonchev–Trinajstić information content (AvgIpc) is 2.42. The molecule has 4 nitrogen and oxygen atoms in total. The summed E-state index contributed by atoms with van der Waals surface area (Å²) < 4.78 is 11.2. The first-order valence-corrected chi connectivity index (χ1v) is 7.54. The minimum atomic E-state index is -0.882. The summed E-state index contributed by atoms with van der Waals surface area (Å²) in [7, 11) is 0. The molecule has 0 radical (unpaired) electrons. The van der Waals surface area contributed by atoms with Crippen LogP contribution in [0, 0.1) is 0 Å². The Hall–Kier alpha value is -1.39. The molecule has 0 saturated heterocycles. The summed E-state index contributed by atoms with van der Waals surface area (Å²) in [5.41, 5.74) is 1.50. The maximum absolute atomic E-state index is 10.7. The van der Waals surface area contributed by atoms with Crippen LogP contribution in [0.5, 0.6) is 0 Å². The van der Waals surface area contributed by atoms with Gasteiger partial charge in [0, 0.05) is 6.61 Å². The van der Waals surface area contributed by atoms with E-state index in [1.165, 1.54) is 0 Å². The molecule has 0 aliphatic heterocycles. The van der Waals surface area contributed by atoms with Gasteiger partial charge in [0.2, 0.25) is 0 Å². The molecular weight excluding hydrogens is 268 g/mol. The Morgan fingerprint density at radius 3 is 2.38 bits per heavy atom. The van der Waals surface area contributed by atoms with E-state index in [4.69, 9.17) is 14.6 Å². The Morgan fingerprint density at radius 2 is 1.81 bits per heavy atom. The van der Waals surface area contributed by atoms with Gasteiger partial charge in [-0.1, -0.05) is 12.1 Å². The molecule has 1 N–H and O–H groups in total. The van der Waals surface area contributed by atoms with Gasteiger partial charge in [0.1, 0.15) is 0 Å². The topological polar surface area (TPSA) is 55.8 Å². The fourth-order valence-electron chi connectivity index (χ4n) is 2.10. The second kappa shape index (κ2) is 9.53. The summed E-state index contributed by atoms with van der Waals surface area (Å²) in [4.78, 5) is 10.7. The highest BCUT2D eigenvalue weighted by Crippen LogP contribution is 2.08. The van der Waals surface area contributed by atoms with Gasteiger partial charge in [-0.3, -0.25) is 0 Å². The second-order valence-corrected chi connectivity index (χ2v) is 5.53. The molecule has 1 rings (SSSR count). The molecule has 0 aromatic heterocycles. The number of benzene rings is 1. The lowest BCUT2D eigenvalue weighted by atomic mass is 10.1. The lowest BCUT2D eigenvalue weighted by Crippen LogP contribution is -2.20. The van der Waals surface area contributed by atoms with Gasteiger partial charge in [-0.15, -0.1) is 0 Å². The Morgan fingerprint density at radius 1 is 1.14 bits per heavy atom. The number of carbonyl (C=O) groups is 1. The van der Waals surface area contributed by atoms with Gasteiger partial charge in [0.05, 0.1) is 24.4 Å². The first-order chi connectivity index (χ1) is 9.99. The van der Waals surface area contributed by atoms with Gasteiger partial charge in [0.25, 0.3) is 0 Å². The van der Waals surface area contributed by atoms with Crippen molar-refractivity contribution in [2.45, 2.75) is 52.2 Å². The molecule has 0 bridgehead atoms. The second-order valence-electron chi connectivity index (χ2n) is 5.53. The fraction of sp³-hybridized carbons (Fsp3) is 0.588. The lowest BCUT2D eigenvalue weighted by Gasteiger charge is -2.16. The van der Waals surface area contributed by atoms with E-state index in [9.17, 15) is 4.79 Å². The number of unbranched alkanes of at least 4 members (excludes halogenated alkanes) is 1. The first kappa shape index (κ1) is 17.7. The summed E-state index contributed by atoms with van der Waals surface area (Å²) in [6.45, 7) is 7.42. The summed E-state index contributed by atoms with van der Waals surface area (Å²) in [5, 5.41) is 8.82. The molecule has 0 saturated carbocycles. The van der Waals surface area contributed by atoms with Crippen LogP contribution in [0.15, 0.2) is 24.3 Å². The monoisotopic (exact) mass is 294 g/mol. The molecule has 0 spiro atoms. The van der Waals surface area contributed by atoms with E-state index in [2.05, 4.69) is 0 Å². The summed E-state index contributed by atoms with van der Waals surface area (Å²) in [5.74, 6) is -0.882. The van der Waals surface area contributed by atoms with Crippen molar-refractivity contribution in [3.63, 3.8) is 0 Å². The number of aromatic carboxylic acids is 1. The number of hydrogen-bond donors (Lipinski definition) is 1.